The van der Waals surface area contributed by atoms with Gasteiger partial charge >= 0.3 is 0 Å². The minimum absolute atomic E-state index is 0.115. The fourth-order valence-corrected chi connectivity index (χ4v) is 4.69. The lowest BCUT2D eigenvalue weighted by Gasteiger charge is -2.26. The first kappa shape index (κ1) is 20.8. The number of aromatic amines is 1. The number of amides is 1. The lowest BCUT2D eigenvalue weighted by molar-refractivity contribution is 0.0923. The lowest BCUT2D eigenvalue weighted by atomic mass is 9.87. The van der Waals surface area contributed by atoms with E-state index in [-0.39, 0.29) is 24.3 Å². The Hall–Kier alpha value is -3.13. The van der Waals surface area contributed by atoms with Gasteiger partial charge in [0.05, 0.1) is 17.4 Å². The van der Waals surface area contributed by atoms with Gasteiger partial charge in [0.2, 0.25) is 6.79 Å². The van der Waals surface area contributed by atoms with E-state index in [0.29, 0.717) is 39.3 Å². The van der Waals surface area contributed by atoms with E-state index in [0.717, 1.165) is 37.2 Å². The SMILES string of the molecule is CC1CCC(NC(=O)c2ccc3c(=O)n(Cc4ccc5c(c4)OCO5)c(=S)[nH]c3c2)CC1. The summed E-state index contributed by atoms with van der Waals surface area (Å²) in [6, 6.07) is 10.9. The van der Waals surface area contributed by atoms with E-state index in [1.54, 1.807) is 18.2 Å². The molecular formula is C24H25N3O4S. The van der Waals surface area contributed by atoms with Gasteiger partial charge in [-0.2, -0.15) is 0 Å². The molecule has 0 saturated heterocycles. The van der Waals surface area contributed by atoms with Gasteiger partial charge in [-0.25, -0.2) is 0 Å². The Kier molecular flexibility index (Phi) is 5.46. The van der Waals surface area contributed by atoms with Crippen molar-refractivity contribution in [3.8, 4) is 11.5 Å². The highest BCUT2D eigenvalue weighted by Crippen LogP contribution is 2.32. The molecule has 0 atom stereocenters. The molecule has 0 spiro atoms. The summed E-state index contributed by atoms with van der Waals surface area (Å²) in [5, 5.41) is 3.62. The number of carbonyl (C=O) groups excluding carboxylic acids is 1. The summed E-state index contributed by atoms with van der Waals surface area (Å²) in [5.74, 6) is 1.96. The van der Waals surface area contributed by atoms with Gasteiger partial charge in [-0.15, -0.1) is 0 Å². The first-order valence-electron chi connectivity index (χ1n) is 10.9. The molecule has 0 bridgehead atoms. The molecular weight excluding hydrogens is 426 g/mol. The quantitative estimate of drug-likeness (QED) is 0.582. The van der Waals surface area contributed by atoms with Crippen LogP contribution in [0.2, 0.25) is 0 Å². The monoisotopic (exact) mass is 451 g/mol. The Bertz CT molecular complexity index is 1300. The van der Waals surface area contributed by atoms with Gasteiger partial charge in [-0.05, 0) is 79.7 Å². The molecule has 1 aromatic heterocycles. The third kappa shape index (κ3) is 4.02. The molecule has 1 aliphatic carbocycles. The maximum Gasteiger partial charge on any atom is 0.262 e. The molecule has 166 valence electrons. The second-order valence-corrected chi connectivity index (χ2v) is 9.09. The van der Waals surface area contributed by atoms with Crippen molar-refractivity contribution in [2.45, 2.75) is 45.2 Å². The molecule has 1 saturated carbocycles. The predicted octanol–water partition coefficient (Wildman–Crippen LogP) is 4.14. The normalized spacial score (nSPS) is 19.8. The van der Waals surface area contributed by atoms with Crippen LogP contribution >= 0.6 is 12.2 Å². The fraction of sp³-hybridized carbons (Fsp3) is 0.375. The Balaban J connectivity index is 1.40. The average molecular weight is 452 g/mol. The molecule has 0 radical (unpaired) electrons. The van der Waals surface area contributed by atoms with E-state index >= 15 is 0 Å². The van der Waals surface area contributed by atoms with Gasteiger partial charge in [0.1, 0.15) is 0 Å². The van der Waals surface area contributed by atoms with Crippen molar-refractivity contribution in [3.63, 3.8) is 0 Å². The van der Waals surface area contributed by atoms with Crippen LogP contribution in [0.5, 0.6) is 11.5 Å². The standard InChI is InChI=1S/C24H25N3O4S/c1-14-2-6-17(7-3-14)25-22(28)16-5-8-18-19(11-16)26-24(32)27(23(18)29)12-15-4-9-20-21(10-15)31-13-30-20/h4-5,8-11,14,17H,2-3,6-7,12-13H2,1H3,(H,25,28)(H,26,32). The number of nitrogens with one attached hydrogen (secondary N) is 2. The number of aromatic nitrogens is 2. The Labute approximate surface area is 190 Å². The third-order valence-electron chi connectivity index (χ3n) is 6.37. The number of ether oxygens (including phenoxy) is 2. The highest BCUT2D eigenvalue weighted by Gasteiger charge is 2.21. The van der Waals surface area contributed by atoms with Crippen molar-refractivity contribution in [2.24, 2.45) is 5.92 Å². The van der Waals surface area contributed by atoms with E-state index in [4.69, 9.17) is 21.7 Å². The van der Waals surface area contributed by atoms with Crippen LogP contribution in [0.15, 0.2) is 41.2 Å². The smallest absolute Gasteiger partial charge is 0.262 e. The van der Waals surface area contributed by atoms with Crippen molar-refractivity contribution >= 4 is 29.0 Å². The lowest BCUT2D eigenvalue weighted by Crippen LogP contribution is -2.37. The molecule has 0 unspecified atom stereocenters. The molecule has 1 amide bonds. The summed E-state index contributed by atoms with van der Waals surface area (Å²) < 4.78 is 12.6. The predicted molar refractivity (Wildman–Crippen MR) is 124 cm³/mol. The Morgan fingerprint density at radius 1 is 1.12 bits per heavy atom. The van der Waals surface area contributed by atoms with E-state index in [9.17, 15) is 9.59 Å². The van der Waals surface area contributed by atoms with Gasteiger partial charge in [0, 0.05) is 11.6 Å². The molecule has 2 N–H and O–H groups in total. The maximum absolute atomic E-state index is 13.1. The van der Waals surface area contributed by atoms with E-state index < -0.39 is 0 Å². The molecule has 32 heavy (non-hydrogen) atoms. The van der Waals surface area contributed by atoms with E-state index in [2.05, 4.69) is 17.2 Å². The molecule has 2 aliphatic rings. The zero-order valence-electron chi connectivity index (χ0n) is 17.8. The second-order valence-electron chi connectivity index (χ2n) is 8.70. The number of carbonyl (C=O) groups is 1. The second kappa shape index (κ2) is 8.43. The van der Waals surface area contributed by atoms with Crippen LogP contribution in [0.4, 0.5) is 0 Å². The van der Waals surface area contributed by atoms with Gasteiger partial charge in [-0.3, -0.25) is 14.2 Å². The highest BCUT2D eigenvalue weighted by atomic mass is 32.1. The van der Waals surface area contributed by atoms with Crippen LogP contribution in [0.3, 0.4) is 0 Å². The first-order valence-corrected chi connectivity index (χ1v) is 11.3. The molecule has 1 fully saturated rings. The van der Waals surface area contributed by atoms with E-state index in [1.807, 2.05) is 18.2 Å². The number of nitrogens with zero attached hydrogens (tertiary/aromatic N) is 1. The molecule has 2 aromatic carbocycles. The molecule has 2 heterocycles. The topological polar surface area (TPSA) is 85.3 Å². The van der Waals surface area contributed by atoms with E-state index in [1.165, 1.54) is 4.57 Å². The van der Waals surface area contributed by atoms with Gasteiger partial charge in [0.15, 0.2) is 16.3 Å². The Morgan fingerprint density at radius 3 is 2.72 bits per heavy atom. The van der Waals surface area contributed by atoms with Gasteiger partial charge < -0.3 is 19.8 Å². The van der Waals surface area contributed by atoms with Crippen LogP contribution in [0.25, 0.3) is 10.9 Å². The molecule has 7 nitrogen and oxygen atoms in total. The first-order chi connectivity index (χ1) is 15.5. The number of benzene rings is 2. The number of rotatable bonds is 4. The maximum atomic E-state index is 13.1. The summed E-state index contributed by atoms with van der Waals surface area (Å²) in [6.07, 6.45) is 4.29. The number of fused-ring (bicyclic) bond motifs is 2. The minimum atomic E-state index is -0.199. The summed E-state index contributed by atoms with van der Waals surface area (Å²) >= 11 is 5.47. The highest BCUT2D eigenvalue weighted by molar-refractivity contribution is 7.71. The van der Waals surface area contributed by atoms with Crippen molar-refractivity contribution in [1.29, 1.82) is 0 Å². The fourth-order valence-electron chi connectivity index (χ4n) is 4.43. The summed E-state index contributed by atoms with van der Waals surface area (Å²) in [5.41, 5.74) is 1.77. The minimum Gasteiger partial charge on any atom is -0.454 e. The van der Waals surface area contributed by atoms with Crippen molar-refractivity contribution in [1.82, 2.24) is 14.9 Å². The Morgan fingerprint density at radius 2 is 1.91 bits per heavy atom. The molecule has 1 aliphatic heterocycles. The molecule has 5 rings (SSSR count). The summed E-state index contributed by atoms with van der Waals surface area (Å²) in [6.45, 7) is 2.76. The molecule has 3 aromatic rings. The zero-order valence-corrected chi connectivity index (χ0v) is 18.7. The zero-order chi connectivity index (χ0) is 22.2. The van der Waals surface area contributed by atoms with Crippen molar-refractivity contribution in [2.75, 3.05) is 6.79 Å². The largest absolute Gasteiger partial charge is 0.454 e. The number of H-pyrrole nitrogens is 1. The third-order valence-corrected chi connectivity index (χ3v) is 6.70. The van der Waals surface area contributed by atoms with Gasteiger partial charge in [0.25, 0.3) is 11.5 Å². The van der Waals surface area contributed by atoms with Crippen LogP contribution < -0.4 is 20.3 Å². The number of hydrogen-bond donors (Lipinski definition) is 2. The molecule has 8 heteroatoms. The van der Waals surface area contributed by atoms with Crippen LogP contribution in [-0.2, 0) is 6.54 Å². The van der Waals surface area contributed by atoms with Crippen molar-refractivity contribution < 1.29 is 14.3 Å². The summed E-state index contributed by atoms with van der Waals surface area (Å²) in [7, 11) is 0. The number of hydrogen-bond acceptors (Lipinski definition) is 5. The van der Waals surface area contributed by atoms with Crippen LogP contribution in [0, 0.1) is 10.7 Å². The van der Waals surface area contributed by atoms with Crippen LogP contribution in [-0.4, -0.2) is 28.3 Å². The average Bonchev–Trinajstić information content (AvgIpc) is 3.25. The summed E-state index contributed by atoms with van der Waals surface area (Å²) in [4.78, 5) is 29.0. The van der Waals surface area contributed by atoms with Crippen molar-refractivity contribution in [3.05, 3.63) is 62.6 Å². The van der Waals surface area contributed by atoms with Gasteiger partial charge in [-0.1, -0.05) is 13.0 Å². The van der Waals surface area contributed by atoms with Crippen LogP contribution in [0.1, 0.15) is 48.5 Å².